The van der Waals surface area contributed by atoms with Crippen molar-refractivity contribution in [2.45, 2.75) is 26.5 Å². The zero-order valence-electron chi connectivity index (χ0n) is 18.4. The number of benzene rings is 3. The Labute approximate surface area is 192 Å². The minimum Gasteiger partial charge on any atom is -0.494 e. The molecule has 2 amide bonds. The van der Waals surface area contributed by atoms with Gasteiger partial charge in [-0.2, -0.15) is 0 Å². The molecule has 3 aromatic carbocycles. The quantitative estimate of drug-likeness (QED) is 0.425. The maximum Gasteiger partial charge on any atom is 0.272 e. The third kappa shape index (κ3) is 4.34. The van der Waals surface area contributed by atoms with Gasteiger partial charge in [0.2, 0.25) is 0 Å². The third-order valence-corrected chi connectivity index (χ3v) is 6.61. The molecule has 0 unspecified atom stereocenters. The van der Waals surface area contributed by atoms with Crippen molar-refractivity contribution in [3.8, 4) is 5.75 Å². The van der Waals surface area contributed by atoms with Crippen molar-refractivity contribution in [1.82, 2.24) is 0 Å². The Kier molecular flexibility index (Phi) is 6.47. The highest BCUT2D eigenvalue weighted by molar-refractivity contribution is 8.03. The number of hydrogen-bond acceptors (Lipinski definition) is 4. The number of ether oxygens (including phenoxy) is 1. The van der Waals surface area contributed by atoms with E-state index in [1.807, 2.05) is 69.3 Å². The average Bonchev–Trinajstić information content (AvgIpc) is 3.05. The Hall–Kier alpha value is -3.31. The van der Waals surface area contributed by atoms with Crippen LogP contribution in [0.4, 0.5) is 5.69 Å². The molecule has 1 heterocycles. The molecule has 0 bridgehead atoms. The molecule has 0 radical (unpaired) electrons. The van der Waals surface area contributed by atoms with E-state index in [0.29, 0.717) is 34.3 Å². The van der Waals surface area contributed by atoms with Crippen molar-refractivity contribution < 1.29 is 14.3 Å². The van der Waals surface area contributed by atoms with E-state index in [0.717, 1.165) is 22.3 Å². The van der Waals surface area contributed by atoms with Crippen molar-refractivity contribution in [3.05, 3.63) is 100.0 Å². The predicted octanol–water partition coefficient (Wildman–Crippen LogP) is 5.92. The molecule has 0 saturated carbocycles. The summed E-state index contributed by atoms with van der Waals surface area (Å²) in [4.78, 5) is 28.8. The Morgan fingerprint density at radius 3 is 2.22 bits per heavy atom. The van der Waals surface area contributed by atoms with Crippen LogP contribution in [-0.4, -0.2) is 18.4 Å². The topological polar surface area (TPSA) is 46.6 Å². The second-order valence-corrected chi connectivity index (χ2v) is 8.64. The minimum atomic E-state index is -0.294. The van der Waals surface area contributed by atoms with Crippen LogP contribution in [0.1, 0.15) is 29.2 Å². The van der Waals surface area contributed by atoms with E-state index in [9.17, 15) is 9.59 Å². The van der Waals surface area contributed by atoms with E-state index in [-0.39, 0.29) is 11.8 Å². The van der Waals surface area contributed by atoms with Crippen molar-refractivity contribution >= 4 is 34.8 Å². The molecule has 4 rings (SSSR count). The summed E-state index contributed by atoms with van der Waals surface area (Å²) in [5, 5.41) is 0. The minimum absolute atomic E-state index is 0.284. The first-order chi connectivity index (χ1) is 15.5. The van der Waals surface area contributed by atoms with Crippen LogP contribution in [0.3, 0.4) is 0 Å². The predicted molar refractivity (Wildman–Crippen MR) is 131 cm³/mol. The SMILES string of the molecule is CCOc1ccc(N2C(=O)C(SCc3ccccc3)=C(c3ccc(C)c(C)c3)C2=O)cc1. The van der Waals surface area contributed by atoms with E-state index < -0.39 is 0 Å². The van der Waals surface area contributed by atoms with Gasteiger partial charge in [0.1, 0.15) is 5.75 Å². The first kappa shape index (κ1) is 21.9. The summed E-state index contributed by atoms with van der Waals surface area (Å²) in [6.07, 6.45) is 0. The van der Waals surface area contributed by atoms with Crippen LogP contribution in [0.25, 0.3) is 5.57 Å². The van der Waals surface area contributed by atoms with Gasteiger partial charge in [0.15, 0.2) is 0 Å². The van der Waals surface area contributed by atoms with Crippen LogP contribution in [0, 0.1) is 13.8 Å². The van der Waals surface area contributed by atoms with Crippen molar-refractivity contribution in [2.24, 2.45) is 0 Å². The zero-order chi connectivity index (χ0) is 22.7. The molecule has 3 aromatic rings. The van der Waals surface area contributed by atoms with Crippen molar-refractivity contribution in [1.29, 1.82) is 0 Å². The Bertz CT molecular complexity index is 1180. The van der Waals surface area contributed by atoms with Gasteiger partial charge in [0, 0.05) is 5.75 Å². The van der Waals surface area contributed by atoms with Gasteiger partial charge in [-0.15, -0.1) is 11.8 Å². The van der Waals surface area contributed by atoms with E-state index in [1.165, 1.54) is 16.7 Å². The molecule has 0 aromatic heterocycles. The highest BCUT2D eigenvalue weighted by Crippen LogP contribution is 2.40. The monoisotopic (exact) mass is 443 g/mol. The number of imide groups is 1. The number of thioether (sulfide) groups is 1. The number of amides is 2. The van der Waals surface area contributed by atoms with Gasteiger partial charge >= 0.3 is 0 Å². The summed E-state index contributed by atoms with van der Waals surface area (Å²) in [6, 6.07) is 22.9. The average molecular weight is 444 g/mol. The first-order valence-corrected chi connectivity index (χ1v) is 11.6. The van der Waals surface area contributed by atoms with Gasteiger partial charge in [-0.1, -0.05) is 48.5 Å². The van der Waals surface area contributed by atoms with Crippen molar-refractivity contribution in [2.75, 3.05) is 11.5 Å². The summed E-state index contributed by atoms with van der Waals surface area (Å²) in [6.45, 7) is 6.52. The summed E-state index contributed by atoms with van der Waals surface area (Å²) in [7, 11) is 0. The van der Waals surface area contributed by atoms with Crippen LogP contribution in [0.5, 0.6) is 5.75 Å². The Balaban J connectivity index is 1.72. The first-order valence-electron chi connectivity index (χ1n) is 10.6. The van der Waals surface area contributed by atoms with Gasteiger partial charge in [-0.3, -0.25) is 9.59 Å². The number of carbonyl (C=O) groups is 2. The highest BCUT2D eigenvalue weighted by atomic mass is 32.2. The van der Waals surface area contributed by atoms with Crippen LogP contribution in [0.15, 0.2) is 77.7 Å². The molecule has 0 fully saturated rings. The summed E-state index contributed by atoms with van der Waals surface area (Å²) < 4.78 is 5.50. The standard InChI is InChI=1S/C27H25NO3S/c1-4-31-23-14-12-22(13-15-23)28-26(29)24(21-11-10-18(2)19(3)16-21)25(27(28)30)32-17-20-8-6-5-7-9-20/h5-16H,4,17H2,1-3H3. The smallest absolute Gasteiger partial charge is 0.272 e. The fourth-order valence-electron chi connectivity index (χ4n) is 3.62. The number of hydrogen-bond donors (Lipinski definition) is 0. The maximum absolute atomic E-state index is 13.5. The molecule has 32 heavy (non-hydrogen) atoms. The Morgan fingerprint density at radius 2 is 1.56 bits per heavy atom. The molecule has 1 aliphatic rings. The molecule has 0 atom stereocenters. The molecule has 0 saturated heterocycles. The molecule has 0 aliphatic carbocycles. The lowest BCUT2D eigenvalue weighted by atomic mass is 10.0. The van der Waals surface area contributed by atoms with E-state index in [4.69, 9.17) is 4.74 Å². The van der Waals surface area contributed by atoms with Gasteiger partial charge in [-0.25, -0.2) is 4.90 Å². The van der Waals surface area contributed by atoms with Crippen LogP contribution >= 0.6 is 11.8 Å². The van der Waals surface area contributed by atoms with Gasteiger partial charge < -0.3 is 4.74 Å². The van der Waals surface area contributed by atoms with Crippen LogP contribution in [-0.2, 0) is 15.3 Å². The molecule has 1 aliphatic heterocycles. The normalized spacial score (nSPS) is 13.8. The second-order valence-electron chi connectivity index (χ2n) is 7.65. The maximum atomic E-state index is 13.5. The molecule has 0 spiro atoms. The second kappa shape index (κ2) is 9.45. The fourth-order valence-corrected chi connectivity index (χ4v) is 4.69. The Morgan fingerprint density at radius 1 is 0.844 bits per heavy atom. The van der Waals surface area contributed by atoms with E-state index >= 15 is 0 Å². The number of anilines is 1. The lowest BCUT2D eigenvalue weighted by Crippen LogP contribution is -2.31. The molecule has 0 N–H and O–H groups in total. The van der Waals surface area contributed by atoms with Crippen LogP contribution < -0.4 is 9.64 Å². The molecular weight excluding hydrogens is 418 g/mol. The summed E-state index contributed by atoms with van der Waals surface area (Å²) >= 11 is 1.41. The van der Waals surface area contributed by atoms with Crippen LogP contribution in [0.2, 0.25) is 0 Å². The number of aryl methyl sites for hydroxylation is 2. The largest absolute Gasteiger partial charge is 0.494 e. The summed E-state index contributed by atoms with van der Waals surface area (Å²) in [5.41, 5.74) is 5.11. The van der Waals surface area contributed by atoms with E-state index in [1.54, 1.807) is 24.3 Å². The van der Waals surface area contributed by atoms with Gasteiger partial charge in [0.25, 0.3) is 11.8 Å². The number of nitrogens with zero attached hydrogens (tertiary/aromatic N) is 1. The van der Waals surface area contributed by atoms with Gasteiger partial charge in [0.05, 0.1) is 22.8 Å². The molecule has 5 heteroatoms. The molecule has 162 valence electrons. The molecule has 4 nitrogen and oxygen atoms in total. The van der Waals surface area contributed by atoms with Crippen molar-refractivity contribution in [3.63, 3.8) is 0 Å². The third-order valence-electron chi connectivity index (χ3n) is 5.47. The molecular formula is C27H25NO3S. The van der Waals surface area contributed by atoms with Gasteiger partial charge in [-0.05, 0) is 67.3 Å². The fraction of sp³-hybridized carbons (Fsp3) is 0.185. The zero-order valence-corrected chi connectivity index (χ0v) is 19.2. The summed E-state index contributed by atoms with van der Waals surface area (Å²) in [5.74, 6) is 0.739. The van der Waals surface area contributed by atoms with E-state index in [2.05, 4.69) is 0 Å². The number of carbonyl (C=O) groups excluding carboxylic acids is 2. The lowest BCUT2D eigenvalue weighted by Gasteiger charge is -2.16. The lowest BCUT2D eigenvalue weighted by molar-refractivity contribution is -0.119. The number of rotatable bonds is 7. The highest BCUT2D eigenvalue weighted by Gasteiger charge is 2.40.